The summed E-state index contributed by atoms with van der Waals surface area (Å²) in [6, 6.07) is 0. The molecule has 0 aliphatic carbocycles. The fraction of sp³-hybridized carbons (Fsp3) is 0.800. The summed E-state index contributed by atoms with van der Waals surface area (Å²) in [6.07, 6.45) is 1.96. The number of ether oxygens (including phenoxy) is 1. The van der Waals surface area contributed by atoms with E-state index in [0.717, 1.165) is 12.8 Å². The van der Waals surface area contributed by atoms with Crippen LogP contribution < -0.4 is 0 Å². The third kappa shape index (κ3) is 2.60. The molecule has 0 radical (unpaired) electrons. The second-order valence-corrected chi connectivity index (χ2v) is 4.47. The van der Waals surface area contributed by atoms with Gasteiger partial charge in [-0.1, -0.05) is 6.92 Å². The van der Waals surface area contributed by atoms with Crippen LogP contribution in [0.1, 0.15) is 38.6 Å². The van der Waals surface area contributed by atoms with Crippen molar-refractivity contribution in [3.05, 3.63) is 5.82 Å². The largest absolute Gasteiger partial charge is 0.481 e. The van der Waals surface area contributed by atoms with Gasteiger partial charge in [-0.15, -0.1) is 5.10 Å². The normalized spacial score (nSPS) is 26.0. The minimum absolute atomic E-state index is 0.110. The van der Waals surface area contributed by atoms with Crippen LogP contribution in [-0.4, -0.2) is 37.4 Å². The molecule has 0 aromatic carbocycles. The Morgan fingerprint density at radius 1 is 1.65 bits per heavy atom. The number of carboxylic acids is 1. The van der Waals surface area contributed by atoms with Crippen LogP contribution in [-0.2, 0) is 16.1 Å². The third-order valence-electron chi connectivity index (χ3n) is 2.95. The lowest BCUT2D eigenvalue weighted by atomic mass is 10.1. The molecule has 1 aliphatic heterocycles. The van der Waals surface area contributed by atoms with Crippen LogP contribution >= 0.6 is 0 Å². The number of hydrogen-bond acceptors (Lipinski definition) is 5. The number of tetrazole rings is 1. The van der Waals surface area contributed by atoms with E-state index in [9.17, 15) is 4.79 Å². The van der Waals surface area contributed by atoms with E-state index in [4.69, 9.17) is 9.84 Å². The van der Waals surface area contributed by atoms with Gasteiger partial charge in [-0.25, -0.2) is 4.68 Å². The summed E-state index contributed by atoms with van der Waals surface area (Å²) >= 11 is 0. The zero-order chi connectivity index (χ0) is 12.4. The minimum atomic E-state index is -0.854. The van der Waals surface area contributed by atoms with Crippen LogP contribution in [0.5, 0.6) is 0 Å². The highest BCUT2D eigenvalue weighted by Gasteiger charge is 2.29. The van der Waals surface area contributed by atoms with Gasteiger partial charge < -0.3 is 9.84 Å². The second kappa shape index (κ2) is 4.79. The van der Waals surface area contributed by atoms with Gasteiger partial charge in [-0.05, 0) is 30.2 Å². The lowest BCUT2D eigenvalue weighted by Crippen LogP contribution is -2.20. The fourth-order valence-corrected chi connectivity index (χ4v) is 1.90. The molecule has 94 valence electrons. The molecule has 0 saturated carbocycles. The van der Waals surface area contributed by atoms with E-state index in [1.54, 1.807) is 6.92 Å². The smallest absolute Gasteiger partial charge is 0.308 e. The number of carboxylic acid groups (broad SMARTS) is 1. The van der Waals surface area contributed by atoms with E-state index < -0.39 is 11.9 Å². The van der Waals surface area contributed by atoms with Crippen molar-refractivity contribution in [2.45, 2.75) is 45.4 Å². The molecular formula is C10H16N4O3. The molecule has 1 aliphatic rings. The summed E-state index contributed by atoms with van der Waals surface area (Å²) in [5.74, 6) is -0.745. The first-order chi connectivity index (χ1) is 8.08. The Morgan fingerprint density at radius 2 is 2.41 bits per heavy atom. The van der Waals surface area contributed by atoms with Crippen LogP contribution in [0.4, 0.5) is 0 Å². The molecule has 0 spiro atoms. The summed E-state index contributed by atoms with van der Waals surface area (Å²) in [6.45, 7) is 3.91. The predicted octanol–water partition coefficient (Wildman–Crippen LogP) is 0.634. The van der Waals surface area contributed by atoms with Gasteiger partial charge in [0.1, 0.15) is 6.10 Å². The zero-order valence-electron chi connectivity index (χ0n) is 9.91. The topological polar surface area (TPSA) is 90.1 Å². The number of hydrogen-bond donors (Lipinski definition) is 1. The van der Waals surface area contributed by atoms with Gasteiger partial charge in [0.2, 0.25) is 0 Å². The lowest BCUT2D eigenvalue weighted by molar-refractivity contribution is -0.141. The fourth-order valence-electron chi connectivity index (χ4n) is 1.90. The molecule has 1 aromatic rings. The SMILES string of the molecule is CC1CCC(c2nnnn2CC(C)C(=O)O)O1. The molecule has 1 saturated heterocycles. The Balaban J connectivity index is 2.09. The Bertz CT molecular complexity index is 406. The summed E-state index contributed by atoms with van der Waals surface area (Å²) in [5.41, 5.74) is 0. The highest BCUT2D eigenvalue weighted by Crippen LogP contribution is 2.30. The quantitative estimate of drug-likeness (QED) is 0.830. The van der Waals surface area contributed by atoms with E-state index in [1.807, 2.05) is 6.92 Å². The molecule has 2 rings (SSSR count). The van der Waals surface area contributed by atoms with Crippen molar-refractivity contribution >= 4 is 5.97 Å². The number of carbonyl (C=O) groups is 1. The Kier molecular flexibility index (Phi) is 3.37. The Labute approximate surface area is 98.8 Å². The van der Waals surface area contributed by atoms with Gasteiger partial charge in [0.25, 0.3) is 0 Å². The monoisotopic (exact) mass is 240 g/mol. The molecule has 2 heterocycles. The zero-order valence-corrected chi connectivity index (χ0v) is 9.91. The molecule has 0 bridgehead atoms. The van der Waals surface area contributed by atoms with Gasteiger partial charge in [-0.3, -0.25) is 4.79 Å². The first-order valence-corrected chi connectivity index (χ1v) is 5.72. The van der Waals surface area contributed by atoms with Crippen LogP contribution in [0.25, 0.3) is 0 Å². The van der Waals surface area contributed by atoms with Crippen LogP contribution in [0.3, 0.4) is 0 Å². The molecule has 1 aromatic heterocycles. The number of aliphatic carboxylic acids is 1. The summed E-state index contributed by atoms with van der Waals surface area (Å²) in [7, 11) is 0. The van der Waals surface area contributed by atoms with Gasteiger partial charge in [0, 0.05) is 0 Å². The average molecular weight is 240 g/mol. The standard InChI is InChI=1S/C10H16N4O3/c1-6(10(15)16)5-14-9(11-12-13-14)8-4-3-7(2)17-8/h6-8H,3-5H2,1-2H3,(H,15,16). The summed E-state index contributed by atoms with van der Waals surface area (Å²) in [5, 5.41) is 20.2. The maximum Gasteiger partial charge on any atom is 0.308 e. The van der Waals surface area contributed by atoms with E-state index >= 15 is 0 Å². The Hall–Kier alpha value is -1.50. The highest BCUT2D eigenvalue weighted by atomic mass is 16.5. The Morgan fingerprint density at radius 3 is 3.00 bits per heavy atom. The van der Waals surface area contributed by atoms with E-state index in [1.165, 1.54) is 4.68 Å². The average Bonchev–Trinajstić information content (AvgIpc) is 2.86. The number of aromatic nitrogens is 4. The van der Waals surface area contributed by atoms with Crippen molar-refractivity contribution in [3.8, 4) is 0 Å². The van der Waals surface area contributed by atoms with Gasteiger partial charge in [0.05, 0.1) is 18.6 Å². The lowest BCUT2D eigenvalue weighted by Gasteiger charge is -2.12. The van der Waals surface area contributed by atoms with Crippen LogP contribution in [0.2, 0.25) is 0 Å². The van der Waals surface area contributed by atoms with Crippen molar-refractivity contribution < 1.29 is 14.6 Å². The van der Waals surface area contributed by atoms with Crippen LogP contribution in [0.15, 0.2) is 0 Å². The van der Waals surface area contributed by atoms with E-state index in [2.05, 4.69) is 15.5 Å². The highest BCUT2D eigenvalue weighted by molar-refractivity contribution is 5.69. The predicted molar refractivity (Wildman–Crippen MR) is 57.1 cm³/mol. The van der Waals surface area contributed by atoms with Crippen molar-refractivity contribution in [1.82, 2.24) is 20.2 Å². The van der Waals surface area contributed by atoms with Gasteiger partial charge in [-0.2, -0.15) is 0 Å². The van der Waals surface area contributed by atoms with Gasteiger partial charge >= 0.3 is 5.97 Å². The second-order valence-electron chi connectivity index (χ2n) is 4.47. The molecule has 3 atom stereocenters. The van der Waals surface area contributed by atoms with Crippen molar-refractivity contribution in [2.75, 3.05) is 0 Å². The van der Waals surface area contributed by atoms with Crippen molar-refractivity contribution in [1.29, 1.82) is 0 Å². The van der Waals surface area contributed by atoms with E-state index in [-0.39, 0.29) is 18.8 Å². The maximum absolute atomic E-state index is 10.8. The molecule has 17 heavy (non-hydrogen) atoms. The molecular weight excluding hydrogens is 224 g/mol. The molecule has 0 amide bonds. The number of nitrogens with zero attached hydrogens (tertiary/aromatic N) is 4. The number of rotatable bonds is 4. The summed E-state index contributed by atoms with van der Waals surface area (Å²) < 4.78 is 7.21. The molecule has 1 fully saturated rings. The molecule has 7 heteroatoms. The molecule has 7 nitrogen and oxygen atoms in total. The molecule has 1 N–H and O–H groups in total. The maximum atomic E-state index is 10.8. The first-order valence-electron chi connectivity index (χ1n) is 5.72. The summed E-state index contributed by atoms with van der Waals surface area (Å²) in [4.78, 5) is 10.8. The van der Waals surface area contributed by atoms with Gasteiger partial charge in [0.15, 0.2) is 5.82 Å². The van der Waals surface area contributed by atoms with E-state index in [0.29, 0.717) is 5.82 Å². The third-order valence-corrected chi connectivity index (χ3v) is 2.95. The minimum Gasteiger partial charge on any atom is -0.481 e. The van der Waals surface area contributed by atoms with Crippen molar-refractivity contribution in [2.24, 2.45) is 5.92 Å². The van der Waals surface area contributed by atoms with Crippen LogP contribution in [0, 0.1) is 5.92 Å². The van der Waals surface area contributed by atoms with Crippen molar-refractivity contribution in [3.63, 3.8) is 0 Å². The first kappa shape index (κ1) is 12.0. The molecule has 3 unspecified atom stereocenters.